The van der Waals surface area contributed by atoms with Gasteiger partial charge in [-0.3, -0.25) is 28.9 Å². The maximum absolute atomic E-state index is 13.4. The summed E-state index contributed by atoms with van der Waals surface area (Å²) in [6.07, 6.45) is 3.24. The van der Waals surface area contributed by atoms with Crippen LogP contribution < -0.4 is 16.2 Å². The summed E-state index contributed by atoms with van der Waals surface area (Å²) in [5.41, 5.74) is 3.48. The number of nitrogens with one attached hydrogen (secondary N) is 2. The number of carbonyl (C=O) groups excluding carboxylic acids is 5. The molecule has 256 valence electrons. The third-order valence-corrected chi connectivity index (χ3v) is 10.5. The molecule has 0 radical (unpaired) electrons. The zero-order valence-electron chi connectivity index (χ0n) is 27.5. The van der Waals surface area contributed by atoms with E-state index in [1.165, 1.54) is 11.7 Å². The van der Waals surface area contributed by atoms with E-state index in [4.69, 9.17) is 0 Å². The number of aromatic nitrogens is 2. The van der Waals surface area contributed by atoms with Crippen molar-refractivity contribution < 1.29 is 24.0 Å². The van der Waals surface area contributed by atoms with Crippen molar-refractivity contribution in [3.05, 3.63) is 91.3 Å². The quantitative estimate of drug-likeness (QED) is 0.236. The van der Waals surface area contributed by atoms with E-state index in [2.05, 4.69) is 43.6 Å². The van der Waals surface area contributed by atoms with Crippen LogP contribution in [0, 0.1) is 0 Å². The van der Waals surface area contributed by atoms with Gasteiger partial charge in [0.05, 0.1) is 23.0 Å². The first-order chi connectivity index (χ1) is 23.5. The van der Waals surface area contributed by atoms with Gasteiger partial charge < -0.3 is 25.2 Å². The first kappa shape index (κ1) is 34.2. The van der Waals surface area contributed by atoms with E-state index >= 15 is 0 Å². The standard InChI is InChI=1S/C35H38BrN7O6/c1-37-31(45)29(5-4-12-44)43-33(47)26-11-10-22(14-27(26)34(43)48)24-17-42(18-24)32(46)21-8-6-20(7-9-21)23-13-25(19-40(2)16-23)39-28-15-38-41(3)35(49)30(28)36/h6-12,14-15,23-25,29,39H,4-5,13,16-19H2,1-3H3,(H,37,45). The van der Waals surface area contributed by atoms with Crippen LogP contribution >= 0.6 is 15.9 Å². The SMILES string of the molecule is CNC(=O)C(CCC=O)N1C(=O)c2ccc(C3CN(C(=O)c4ccc(C5CC(Nc6cnn(C)c(=O)c6Br)CN(C)C5)cc4)C3)cc2C1=O. The zero-order valence-corrected chi connectivity index (χ0v) is 29.1. The fraction of sp³-hybridized carbons (Fsp3) is 0.400. The predicted molar refractivity (Wildman–Crippen MR) is 185 cm³/mol. The molecule has 3 aromatic rings. The molecule has 1 aromatic heterocycles. The molecule has 0 spiro atoms. The van der Waals surface area contributed by atoms with Crippen LogP contribution in [0.5, 0.6) is 0 Å². The van der Waals surface area contributed by atoms with Crippen LogP contribution in [0.15, 0.2) is 57.9 Å². The number of benzene rings is 2. The highest BCUT2D eigenvalue weighted by molar-refractivity contribution is 9.10. The Balaban J connectivity index is 1.07. The molecule has 6 rings (SSSR count). The number of imide groups is 1. The lowest BCUT2D eigenvalue weighted by molar-refractivity contribution is -0.124. The molecule has 49 heavy (non-hydrogen) atoms. The van der Waals surface area contributed by atoms with Gasteiger partial charge in [-0.05, 0) is 77.1 Å². The monoisotopic (exact) mass is 731 g/mol. The number of carbonyl (C=O) groups is 5. The number of amides is 4. The highest BCUT2D eigenvalue weighted by atomic mass is 79.9. The van der Waals surface area contributed by atoms with E-state index in [-0.39, 0.29) is 53.3 Å². The maximum Gasteiger partial charge on any atom is 0.282 e. The summed E-state index contributed by atoms with van der Waals surface area (Å²) in [5.74, 6) is -1.47. The Bertz CT molecular complexity index is 1870. The summed E-state index contributed by atoms with van der Waals surface area (Å²) in [5, 5.41) is 10.1. The summed E-state index contributed by atoms with van der Waals surface area (Å²) in [6.45, 7) is 2.63. The molecule has 2 aromatic carbocycles. The topological polar surface area (TPSA) is 154 Å². The van der Waals surface area contributed by atoms with Gasteiger partial charge in [-0.1, -0.05) is 18.2 Å². The smallest absolute Gasteiger partial charge is 0.282 e. The molecule has 3 aliphatic rings. The van der Waals surface area contributed by atoms with Crippen LogP contribution in [0.25, 0.3) is 0 Å². The largest absolute Gasteiger partial charge is 0.379 e. The molecule has 4 heterocycles. The number of nitrogens with zero attached hydrogens (tertiary/aromatic N) is 5. The molecule has 2 fully saturated rings. The number of hydrogen-bond acceptors (Lipinski definition) is 9. The summed E-state index contributed by atoms with van der Waals surface area (Å²) in [7, 11) is 5.10. The third-order valence-electron chi connectivity index (χ3n) is 9.70. The number of anilines is 1. The van der Waals surface area contributed by atoms with E-state index in [1.54, 1.807) is 36.3 Å². The van der Waals surface area contributed by atoms with Crippen molar-refractivity contribution in [2.24, 2.45) is 7.05 Å². The maximum atomic E-state index is 13.4. The predicted octanol–water partition coefficient (Wildman–Crippen LogP) is 2.37. The Morgan fingerprint density at radius 2 is 1.65 bits per heavy atom. The molecule has 2 N–H and O–H groups in total. The summed E-state index contributed by atoms with van der Waals surface area (Å²) in [4.78, 5) is 80.5. The number of fused-ring (bicyclic) bond motifs is 1. The summed E-state index contributed by atoms with van der Waals surface area (Å²) < 4.78 is 1.74. The van der Waals surface area contributed by atoms with Crippen LogP contribution in [0.2, 0.25) is 0 Å². The molecule has 3 atom stereocenters. The second kappa shape index (κ2) is 14.0. The average molecular weight is 733 g/mol. The molecule has 3 aliphatic heterocycles. The Hall–Kier alpha value is -4.69. The minimum absolute atomic E-state index is 0.00228. The molecule has 4 amide bonds. The van der Waals surface area contributed by atoms with Crippen LogP contribution in [0.4, 0.5) is 5.69 Å². The van der Waals surface area contributed by atoms with Gasteiger partial charge in [0, 0.05) is 64.2 Å². The molecule has 0 saturated carbocycles. The Morgan fingerprint density at radius 3 is 2.35 bits per heavy atom. The number of aryl methyl sites for hydroxylation is 1. The van der Waals surface area contributed by atoms with Gasteiger partial charge in [-0.25, -0.2) is 4.68 Å². The molecule has 3 unspecified atom stereocenters. The molecule has 0 aliphatic carbocycles. The number of piperidine rings is 1. The number of rotatable bonds is 10. The summed E-state index contributed by atoms with van der Waals surface area (Å²) in [6, 6.07) is 11.9. The van der Waals surface area contributed by atoms with Crippen molar-refractivity contribution in [3.8, 4) is 0 Å². The van der Waals surface area contributed by atoms with Crippen LogP contribution in [0.1, 0.15) is 73.3 Å². The van der Waals surface area contributed by atoms with E-state index in [0.717, 1.165) is 35.5 Å². The number of likely N-dealkylation sites (N-methyl/N-ethyl adjacent to an activating group) is 2. The van der Waals surface area contributed by atoms with Crippen molar-refractivity contribution in [3.63, 3.8) is 0 Å². The molecular weight excluding hydrogens is 694 g/mol. The zero-order chi connectivity index (χ0) is 35.0. The summed E-state index contributed by atoms with van der Waals surface area (Å²) >= 11 is 3.40. The van der Waals surface area contributed by atoms with E-state index in [9.17, 15) is 28.8 Å². The first-order valence-electron chi connectivity index (χ1n) is 16.2. The Kier molecular flexibility index (Phi) is 9.79. The fourth-order valence-corrected chi connectivity index (χ4v) is 7.49. The van der Waals surface area contributed by atoms with Crippen LogP contribution in [-0.2, 0) is 16.6 Å². The van der Waals surface area contributed by atoms with E-state index in [0.29, 0.717) is 35.1 Å². The number of halogens is 1. The molecule has 14 heteroatoms. The van der Waals surface area contributed by atoms with Gasteiger partial charge in [0.25, 0.3) is 23.3 Å². The molecule has 2 saturated heterocycles. The third kappa shape index (κ3) is 6.66. The van der Waals surface area contributed by atoms with Crippen LogP contribution in [0.3, 0.4) is 0 Å². The van der Waals surface area contributed by atoms with Gasteiger partial charge in [-0.2, -0.15) is 5.10 Å². The van der Waals surface area contributed by atoms with Gasteiger partial charge in [-0.15, -0.1) is 0 Å². The second-order valence-electron chi connectivity index (χ2n) is 13.0. The van der Waals surface area contributed by atoms with E-state index in [1.807, 2.05) is 24.3 Å². The lowest BCUT2D eigenvalue weighted by atomic mass is 9.87. The highest BCUT2D eigenvalue weighted by Gasteiger charge is 2.43. The normalized spacial score (nSPS) is 20.1. The highest BCUT2D eigenvalue weighted by Crippen LogP contribution is 2.34. The Morgan fingerprint density at radius 1 is 0.959 bits per heavy atom. The fourth-order valence-electron chi connectivity index (χ4n) is 7.02. The number of aldehydes is 1. The van der Waals surface area contributed by atoms with Crippen molar-refractivity contribution in [1.29, 1.82) is 0 Å². The molecule has 13 nitrogen and oxygen atoms in total. The minimum Gasteiger partial charge on any atom is -0.379 e. The van der Waals surface area contributed by atoms with Gasteiger partial charge in [0.15, 0.2) is 0 Å². The lowest BCUT2D eigenvalue weighted by Gasteiger charge is -2.40. The van der Waals surface area contributed by atoms with Gasteiger partial charge >= 0.3 is 0 Å². The molecular formula is C35H38BrN7O6. The molecule has 0 bridgehead atoms. The first-order valence-corrected chi connectivity index (χ1v) is 17.0. The van der Waals surface area contributed by atoms with Crippen molar-refractivity contribution in [1.82, 2.24) is 29.8 Å². The lowest BCUT2D eigenvalue weighted by Crippen LogP contribution is -2.49. The van der Waals surface area contributed by atoms with Gasteiger partial charge in [0.1, 0.15) is 16.8 Å². The Labute approximate surface area is 291 Å². The minimum atomic E-state index is -1.07. The van der Waals surface area contributed by atoms with Crippen LogP contribution in [-0.4, -0.2) is 107 Å². The van der Waals surface area contributed by atoms with Crippen molar-refractivity contribution >= 4 is 51.5 Å². The van der Waals surface area contributed by atoms with E-state index < -0.39 is 23.8 Å². The van der Waals surface area contributed by atoms with Gasteiger partial charge in [0.2, 0.25) is 5.91 Å². The number of likely N-dealkylation sites (tertiary alicyclic amines) is 2. The average Bonchev–Trinajstić information content (AvgIpc) is 3.32. The second-order valence-corrected chi connectivity index (χ2v) is 13.8. The number of hydrogen-bond donors (Lipinski definition) is 2. The van der Waals surface area contributed by atoms with Crippen molar-refractivity contribution in [2.75, 3.05) is 45.6 Å². The van der Waals surface area contributed by atoms with Crippen molar-refractivity contribution in [2.45, 2.75) is 43.2 Å².